The number of likely N-dealkylation sites (N-methyl/N-ethyl adjacent to an activating group) is 1. The fraction of sp³-hybridized carbons (Fsp3) is 0.605. The van der Waals surface area contributed by atoms with Crippen molar-refractivity contribution in [3.05, 3.63) is 53.6 Å². The zero-order chi connectivity index (χ0) is 45.5. The summed E-state index contributed by atoms with van der Waals surface area (Å²) in [5.41, 5.74) is -0.465. The predicted molar refractivity (Wildman–Crippen MR) is 230 cm³/mol. The van der Waals surface area contributed by atoms with Gasteiger partial charge >= 0.3 is 18.0 Å². The first kappa shape index (κ1) is 48.6. The van der Waals surface area contributed by atoms with Crippen molar-refractivity contribution in [1.82, 2.24) is 15.3 Å². The average molecular weight is 903 g/mol. The molecule has 17 nitrogen and oxygen atoms in total. The number of hydrogen-bond donors (Lipinski definition) is 2. The van der Waals surface area contributed by atoms with E-state index in [9.17, 15) is 38.7 Å². The Balaban J connectivity index is 1.24. The Morgan fingerprint density at radius 2 is 1.81 bits per heavy atom. The van der Waals surface area contributed by atoms with Gasteiger partial charge in [-0.15, -0.1) is 5.06 Å². The fourth-order valence-corrected chi connectivity index (χ4v) is 9.94. The van der Waals surface area contributed by atoms with Gasteiger partial charge in [0.15, 0.2) is 5.72 Å². The first-order valence-corrected chi connectivity index (χ1v) is 23.1. The first-order valence-electron chi connectivity index (χ1n) is 20.7. The number of anilines is 1. The van der Waals surface area contributed by atoms with Gasteiger partial charge in [0.2, 0.25) is 11.8 Å². The Morgan fingerprint density at radius 1 is 1.10 bits per heavy atom. The molecule has 5 amide bonds. The summed E-state index contributed by atoms with van der Waals surface area (Å²) in [6.07, 6.45) is 1.73. The number of allylic oxidation sites excluding steroid dienone is 3. The number of hydroxylamine groups is 2. The van der Waals surface area contributed by atoms with Crippen LogP contribution in [-0.2, 0) is 59.0 Å². The van der Waals surface area contributed by atoms with Crippen LogP contribution in [0.15, 0.2) is 48.1 Å². The third kappa shape index (κ3) is 12.0. The number of ether oxygens (including phenoxy) is 4. The summed E-state index contributed by atoms with van der Waals surface area (Å²) >= 11 is 0. The van der Waals surface area contributed by atoms with Crippen LogP contribution in [0.1, 0.15) is 85.1 Å². The van der Waals surface area contributed by atoms with Gasteiger partial charge in [0.05, 0.1) is 12.5 Å². The molecule has 62 heavy (non-hydrogen) atoms. The van der Waals surface area contributed by atoms with E-state index in [4.69, 9.17) is 23.8 Å². The van der Waals surface area contributed by atoms with Crippen molar-refractivity contribution in [1.29, 1.82) is 0 Å². The monoisotopic (exact) mass is 902 g/mol. The number of epoxide rings is 1. The second-order valence-corrected chi connectivity index (χ2v) is 19.4. The number of hydrogen-bond acceptors (Lipinski definition) is 15. The predicted octanol–water partition coefficient (Wildman–Crippen LogP) is 4.40. The zero-order valence-electron chi connectivity index (χ0n) is 36.5. The number of rotatable bonds is 13. The van der Waals surface area contributed by atoms with Crippen molar-refractivity contribution in [2.24, 2.45) is 5.92 Å². The molecule has 1 aromatic carbocycles. The number of nitrogens with zero attached hydrogens (tertiary/aromatic N) is 3. The van der Waals surface area contributed by atoms with Gasteiger partial charge in [-0.2, -0.15) is 0 Å². The Bertz CT molecular complexity index is 1930. The van der Waals surface area contributed by atoms with Crippen LogP contribution >= 0.6 is 21.6 Å². The zero-order valence-corrected chi connectivity index (χ0v) is 38.1. The van der Waals surface area contributed by atoms with E-state index in [0.29, 0.717) is 29.3 Å². The molecule has 340 valence electrons. The minimum atomic E-state index is -1.83. The van der Waals surface area contributed by atoms with E-state index >= 15 is 0 Å². The van der Waals surface area contributed by atoms with Crippen molar-refractivity contribution in [3.63, 3.8) is 0 Å². The number of benzene rings is 1. The van der Waals surface area contributed by atoms with E-state index in [2.05, 4.69) is 5.32 Å². The van der Waals surface area contributed by atoms with Crippen molar-refractivity contribution in [3.8, 4) is 0 Å². The van der Waals surface area contributed by atoms with Crippen molar-refractivity contribution in [2.45, 2.75) is 133 Å². The third-order valence-electron chi connectivity index (χ3n) is 11.7. The van der Waals surface area contributed by atoms with E-state index in [-0.39, 0.29) is 55.6 Å². The summed E-state index contributed by atoms with van der Waals surface area (Å²) < 4.78 is 23.7. The summed E-state index contributed by atoms with van der Waals surface area (Å²) in [6, 6.07) is 6.50. The van der Waals surface area contributed by atoms with Crippen molar-refractivity contribution < 1.29 is 62.5 Å². The van der Waals surface area contributed by atoms with Crippen LogP contribution in [0.3, 0.4) is 0 Å². The summed E-state index contributed by atoms with van der Waals surface area (Å²) in [5.74, 6) is -3.28. The second-order valence-electron chi connectivity index (χ2n) is 16.5. The molecule has 4 aliphatic heterocycles. The molecule has 9 unspecified atom stereocenters. The molecule has 4 heterocycles. The molecule has 0 radical (unpaired) electrons. The van der Waals surface area contributed by atoms with Gasteiger partial charge in [-0.1, -0.05) is 71.4 Å². The quantitative estimate of drug-likeness (QED) is 0.0924. The van der Waals surface area contributed by atoms with Crippen LogP contribution in [0.2, 0.25) is 0 Å². The molecular weight excluding hydrogens is 845 g/mol. The van der Waals surface area contributed by atoms with Crippen LogP contribution in [0.5, 0.6) is 0 Å². The minimum absolute atomic E-state index is 0.00587. The fourth-order valence-electron chi connectivity index (χ4n) is 7.61. The smallest absolute Gasteiger partial charge is 0.409 e. The van der Waals surface area contributed by atoms with Gasteiger partial charge in [-0.3, -0.25) is 24.5 Å². The van der Waals surface area contributed by atoms with Crippen LogP contribution in [-0.4, -0.2) is 131 Å². The number of methoxy groups -OCH3 is 1. The lowest BCUT2D eigenvalue weighted by Crippen LogP contribution is -2.63. The first-order chi connectivity index (χ1) is 29.3. The van der Waals surface area contributed by atoms with Crippen molar-refractivity contribution >= 4 is 68.9 Å². The van der Waals surface area contributed by atoms with E-state index < -0.39 is 77.5 Å². The molecule has 2 N–H and O–H groups in total. The molecule has 1 aromatic rings. The maximum absolute atomic E-state index is 14.0. The van der Waals surface area contributed by atoms with E-state index in [1.807, 2.05) is 44.2 Å². The number of esters is 1. The summed E-state index contributed by atoms with van der Waals surface area (Å²) in [6.45, 7) is 8.92. The summed E-state index contributed by atoms with van der Waals surface area (Å²) in [7, 11) is 7.48. The Labute approximate surface area is 369 Å². The molecule has 0 spiro atoms. The molecule has 0 saturated carbocycles. The Hall–Kier alpha value is -4.43. The number of aliphatic hydroxyl groups is 1. The van der Waals surface area contributed by atoms with E-state index in [1.165, 1.54) is 52.5 Å². The van der Waals surface area contributed by atoms with Gasteiger partial charge in [-0.25, -0.2) is 14.4 Å². The molecule has 5 rings (SSSR count). The molecular formula is C43H58N4O13S2. The molecule has 19 heteroatoms. The highest BCUT2D eigenvalue weighted by atomic mass is 33.1. The molecule has 3 fully saturated rings. The maximum atomic E-state index is 14.0. The second kappa shape index (κ2) is 20.8. The summed E-state index contributed by atoms with van der Waals surface area (Å²) in [5, 5.41) is 14.8. The number of nitrogens with one attached hydrogen (secondary N) is 1. The van der Waals surface area contributed by atoms with Crippen LogP contribution < -0.4 is 10.2 Å². The minimum Gasteiger partial charge on any atom is -0.457 e. The van der Waals surface area contributed by atoms with E-state index in [1.54, 1.807) is 33.0 Å². The Kier molecular flexibility index (Phi) is 16.3. The van der Waals surface area contributed by atoms with Crippen LogP contribution in [0.4, 0.5) is 10.5 Å². The molecule has 3 saturated heterocycles. The number of alkyl carbamates (subject to hydrolysis) is 1. The Morgan fingerprint density at radius 3 is 2.50 bits per heavy atom. The topological polar surface area (TPSA) is 211 Å². The molecule has 0 aromatic heterocycles. The van der Waals surface area contributed by atoms with Gasteiger partial charge in [-0.05, 0) is 51.3 Å². The average Bonchev–Trinajstić information content (AvgIpc) is 3.84. The van der Waals surface area contributed by atoms with Gasteiger partial charge in [0.25, 0.3) is 11.8 Å². The standard InChI is InChI=1S/C43H58N4O13S2/c1-25-11-9-14-32(56-8)43(55)24-31(57-41(54)44-43)27(3)39-42(5,59-39)33(23-37(51)46(7)30-13-10-12-29(21-25)22-30)58-40(53)28(4)45(6)34(48)19-20-61-62-26(2)15-18-38(52)60-47-35(49)16-17-36(47)50/h9-14,22,26-28,31-33,39,55H,15-21,23-24H2,1-8H3,(H,44,54)/b14-9+,25-11+. The number of carbonyl (C=O) groups is 7. The largest absolute Gasteiger partial charge is 0.457 e. The van der Waals surface area contributed by atoms with Crippen molar-refractivity contribution in [2.75, 3.05) is 31.9 Å². The molecule has 9 atom stereocenters. The van der Waals surface area contributed by atoms with Gasteiger partial charge in [0.1, 0.15) is 30.0 Å². The molecule has 4 bridgehead atoms. The molecule has 4 aliphatic rings. The maximum Gasteiger partial charge on any atom is 0.409 e. The lowest BCUT2D eigenvalue weighted by atomic mass is 9.83. The van der Waals surface area contributed by atoms with Crippen LogP contribution in [0, 0.1) is 5.92 Å². The number of imide groups is 1. The highest BCUT2D eigenvalue weighted by Gasteiger charge is 2.64. The highest BCUT2D eigenvalue weighted by molar-refractivity contribution is 8.76. The summed E-state index contributed by atoms with van der Waals surface area (Å²) in [4.78, 5) is 97.3. The van der Waals surface area contributed by atoms with Crippen LogP contribution in [0.25, 0.3) is 0 Å². The van der Waals surface area contributed by atoms with E-state index in [0.717, 1.165) is 11.1 Å². The van der Waals surface area contributed by atoms with Gasteiger partial charge < -0.3 is 38.7 Å². The normalized spacial score (nSPS) is 30.2. The highest BCUT2D eigenvalue weighted by Crippen LogP contribution is 2.49. The lowest BCUT2D eigenvalue weighted by Gasteiger charge is -2.42. The SMILES string of the molecule is COC1/C=C/C=C(\C)Cc2cccc(c2)N(C)C(=O)CC(OC(=O)C(C)N(C)C(=O)CCSSC(C)CCC(=O)ON2C(=O)CCC2=O)C2(C)OC2C(C)C2CC1(O)NC(=O)O2. The lowest BCUT2D eigenvalue weighted by molar-refractivity contribution is -0.197. The molecule has 0 aliphatic carbocycles. The number of fused-ring (bicyclic) bond motifs is 5. The van der Waals surface area contributed by atoms with Gasteiger partial charge in [0, 0.05) is 75.9 Å². The number of carbonyl (C=O) groups excluding carboxylic acids is 7. The third-order valence-corrected chi connectivity index (χ3v) is 14.7. The number of amides is 5.